The maximum Gasteiger partial charge on any atom is 0.336 e. The number of carbonyl (C=O) groups is 3. The molecule has 0 amide bonds. The number of rotatable bonds is 13. The predicted molar refractivity (Wildman–Crippen MR) is 154 cm³/mol. The molecule has 5 N–H and O–H groups in total. The summed E-state index contributed by atoms with van der Waals surface area (Å²) in [6.45, 7) is 3.95. The van der Waals surface area contributed by atoms with Gasteiger partial charge in [-0.25, -0.2) is 14.8 Å². The van der Waals surface area contributed by atoms with Crippen LogP contribution in [0, 0.1) is 0 Å². The average molecular weight is 598 g/mol. The van der Waals surface area contributed by atoms with Gasteiger partial charge in [-0.15, -0.1) is 0 Å². The summed E-state index contributed by atoms with van der Waals surface area (Å²) >= 11 is 0. The van der Waals surface area contributed by atoms with Crippen LogP contribution < -0.4 is 10.1 Å². The zero-order chi connectivity index (χ0) is 31.4. The Hall–Kier alpha value is -4.66. The fourth-order valence-electron chi connectivity index (χ4n) is 4.35. The van der Waals surface area contributed by atoms with Crippen LogP contribution in [0.2, 0.25) is 0 Å². The molecule has 1 aliphatic heterocycles. The van der Waals surface area contributed by atoms with Crippen LogP contribution in [0.25, 0.3) is 11.5 Å². The first kappa shape index (κ1) is 32.8. The van der Waals surface area contributed by atoms with Crippen molar-refractivity contribution in [1.82, 2.24) is 19.9 Å². The number of ether oxygens (including phenoxy) is 2. The van der Waals surface area contributed by atoms with Gasteiger partial charge in [-0.05, 0) is 36.2 Å². The van der Waals surface area contributed by atoms with E-state index in [0.717, 1.165) is 49.0 Å². The van der Waals surface area contributed by atoms with Gasteiger partial charge in [0.05, 0.1) is 32.3 Å². The van der Waals surface area contributed by atoms with Gasteiger partial charge < -0.3 is 35.2 Å². The molecule has 1 aliphatic rings. The zero-order valence-electron chi connectivity index (χ0n) is 23.9. The molecule has 0 radical (unpaired) electrons. The molecule has 0 unspecified atom stereocenters. The topological polar surface area (TPSA) is 205 Å². The van der Waals surface area contributed by atoms with Crippen molar-refractivity contribution in [2.45, 2.75) is 38.0 Å². The van der Waals surface area contributed by atoms with E-state index in [2.05, 4.69) is 27.3 Å². The molecule has 0 saturated heterocycles. The number of nitrogens with one attached hydrogen (secondary N) is 1. The molecule has 0 spiro atoms. The van der Waals surface area contributed by atoms with Crippen molar-refractivity contribution >= 4 is 23.7 Å². The second-order valence-corrected chi connectivity index (χ2v) is 9.74. The van der Waals surface area contributed by atoms with E-state index in [-0.39, 0.29) is 0 Å². The minimum Gasteiger partial charge on any atom is -0.497 e. The van der Waals surface area contributed by atoms with Crippen molar-refractivity contribution in [1.29, 1.82) is 0 Å². The molecule has 0 bridgehead atoms. The number of aliphatic hydroxyl groups is 1. The third-order valence-corrected chi connectivity index (χ3v) is 6.49. The molecule has 0 aliphatic carbocycles. The van der Waals surface area contributed by atoms with Crippen LogP contribution in [0.5, 0.6) is 5.75 Å². The highest BCUT2D eigenvalue weighted by Crippen LogP contribution is 2.27. The molecule has 230 valence electrons. The number of anilines is 1. The normalized spacial score (nSPS) is 12.8. The van der Waals surface area contributed by atoms with Crippen LogP contribution >= 0.6 is 0 Å². The fourth-order valence-corrected chi connectivity index (χ4v) is 4.35. The van der Waals surface area contributed by atoms with Gasteiger partial charge in [-0.3, -0.25) is 19.5 Å². The molecule has 2 aromatic heterocycles. The first-order valence-electron chi connectivity index (χ1n) is 13.3. The summed E-state index contributed by atoms with van der Waals surface area (Å²) in [5.41, 5.74) is 1.55. The minimum absolute atomic E-state index is 0.626. The molecule has 3 heterocycles. The Morgan fingerprint density at radius 2 is 1.70 bits per heavy atom. The summed E-state index contributed by atoms with van der Waals surface area (Å²) in [6.07, 6.45) is 0.388. The molecule has 0 fully saturated rings. The first-order valence-corrected chi connectivity index (χ1v) is 13.3. The van der Waals surface area contributed by atoms with Gasteiger partial charge in [0.15, 0.2) is 11.4 Å². The maximum atomic E-state index is 10.3. The highest BCUT2D eigenvalue weighted by Gasteiger charge is 2.40. The van der Waals surface area contributed by atoms with Gasteiger partial charge in [-0.2, -0.15) is 0 Å². The van der Waals surface area contributed by atoms with Crippen molar-refractivity contribution in [3.05, 3.63) is 65.5 Å². The average Bonchev–Trinajstić information content (AvgIpc) is 2.97. The smallest absolute Gasteiger partial charge is 0.336 e. The largest absolute Gasteiger partial charge is 0.497 e. The third kappa shape index (κ3) is 9.70. The molecule has 4 rings (SSSR count). The van der Waals surface area contributed by atoms with E-state index in [0.29, 0.717) is 19.0 Å². The van der Waals surface area contributed by atoms with E-state index in [1.54, 1.807) is 20.4 Å². The van der Waals surface area contributed by atoms with Crippen LogP contribution in [-0.4, -0.2) is 97.7 Å². The van der Waals surface area contributed by atoms with E-state index in [4.69, 9.17) is 39.9 Å². The zero-order valence-corrected chi connectivity index (χ0v) is 23.9. The lowest BCUT2D eigenvalue weighted by molar-refractivity contribution is -0.170. The predicted octanol–water partition coefficient (Wildman–Crippen LogP) is 1.92. The number of benzene rings is 1. The SMILES string of the molecule is COCCNc1nc(-c2ccccn2)nc2c1CCN(Cc1ccc(OC)cc1)C2.O=C(O)CC(O)(CC(=O)O)C(=O)O. The second kappa shape index (κ2) is 15.5. The van der Waals surface area contributed by atoms with Crippen molar-refractivity contribution < 1.29 is 44.3 Å². The van der Waals surface area contributed by atoms with Crippen molar-refractivity contribution in [3.63, 3.8) is 0 Å². The molecule has 1 aromatic carbocycles. The van der Waals surface area contributed by atoms with Crippen LogP contribution in [0.4, 0.5) is 5.82 Å². The molecule has 43 heavy (non-hydrogen) atoms. The molecule has 14 heteroatoms. The highest BCUT2D eigenvalue weighted by atomic mass is 16.5. The number of hydrogen-bond donors (Lipinski definition) is 5. The monoisotopic (exact) mass is 597 g/mol. The Morgan fingerprint density at radius 1 is 1.00 bits per heavy atom. The lowest BCUT2D eigenvalue weighted by atomic mass is 9.96. The lowest BCUT2D eigenvalue weighted by Crippen LogP contribution is -2.42. The van der Waals surface area contributed by atoms with Crippen molar-refractivity contribution in [2.75, 3.05) is 39.2 Å². The van der Waals surface area contributed by atoms with Gasteiger partial charge in [0.1, 0.15) is 17.3 Å². The lowest BCUT2D eigenvalue weighted by Gasteiger charge is -2.29. The van der Waals surface area contributed by atoms with Crippen LogP contribution in [0.15, 0.2) is 48.7 Å². The molecule has 0 atom stereocenters. The number of fused-ring (bicyclic) bond motifs is 1. The number of methoxy groups -OCH3 is 2. The molecule has 0 saturated carbocycles. The number of aromatic nitrogens is 3. The van der Waals surface area contributed by atoms with Crippen molar-refractivity contribution in [2.24, 2.45) is 0 Å². The summed E-state index contributed by atoms with van der Waals surface area (Å²) in [6, 6.07) is 14.0. The fraction of sp³-hybridized carbons (Fsp3) is 0.379. The summed E-state index contributed by atoms with van der Waals surface area (Å²) in [5, 5.41) is 37.2. The Balaban J connectivity index is 0.000000331. The van der Waals surface area contributed by atoms with Gasteiger partial charge in [0.25, 0.3) is 0 Å². The quantitative estimate of drug-likeness (QED) is 0.179. The number of nitrogens with zero attached hydrogens (tertiary/aromatic N) is 4. The number of pyridine rings is 1. The number of hydrogen-bond acceptors (Lipinski definition) is 11. The van der Waals surface area contributed by atoms with Gasteiger partial charge in [0.2, 0.25) is 0 Å². The highest BCUT2D eigenvalue weighted by molar-refractivity contribution is 5.88. The summed E-state index contributed by atoms with van der Waals surface area (Å²) in [7, 11) is 3.39. The van der Waals surface area contributed by atoms with Gasteiger partial charge in [0, 0.05) is 45.0 Å². The summed E-state index contributed by atoms with van der Waals surface area (Å²) in [4.78, 5) is 47.0. The first-order chi connectivity index (χ1) is 20.5. The Bertz CT molecular complexity index is 1370. The molecular weight excluding hydrogens is 562 g/mol. The number of carboxylic acid groups (broad SMARTS) is 3. The molecule has 3 aromatic rings. The number of carboxylic acids is 3. The summed E-state index contributed by atoms with van der Waals surface area (Å²) < 4.78 is 10.4. The Labute approximate surface area is 248 Å². The van der Waals surface area contributed by atoms with E-state index in [9.17, 15) is 14.4 Å². The standard InChI is InChI=1S/C23H27N5O2.C6H8O7/c1-29-14-12-25-22-19-10-13-28(15-17-6-8-18(30-2)9-7-17)16-21(19)26-23(27-22)20-5-3-4-11-24-20;7-3(8)1-6(13,5(11)12)2-4(9)10/h3-9,11H,10,12-16H2,1-2H3,(H,25,26,27);13H,1-2H2,(H,7,8)(H,9,10)(H,11,12). The van der Waals surface area contributed by atoms with E-state index >= 15 is 0 Å². The molecular formula is C29H35N5O9. The Kier molecular flexibility index (Phi) is 11.9. The van der Waals surface area contributed by atoms with Gasteiger partial charge >= 0.3 is 17.9 Å². The molecule has 14 nitrogen and oxygen atoms in total. The minimum atomic E-state index is -2.74. The van der Waals surface area contributed by atoms with Crippen LogP contribution in [0.1, 0.15) is 29.7 Å². The third-order valence-electron chi connectivity index (χ3n) is 6.49. The van der Waals surface area contributed by atoms with E-state index in [1.807, 2.05) is 30.3 Å². The van der Waals surface area contributed by atoms with E-state index in [1.165, 1.54) is 11.1 Å². The summed E-state index contributed by atoms with van der Waals surface area (Å²) in [5.74, 6) is -2.60. The van der Waals surface area contributed by atoms with Crippen LogP contribution in [0.3, 0.4) is 0 Å². The van der Waals surface area contributed by atoms with Crippen LogP contribution in [-0.2, 0) is 38.6 Å². The second-order valence-electron chi connectivity index (χ2n) is 9.74. The number of aliphatic carboxylic acids is 3. The van der Waals surface area contributed by atoms with Gasteiger partial charge in [-0.1, -0.05) is 18.2 Å². The Morgan fingerprint density at radius 3 is 2.26 bits per heavy atom. The van der Waals surface area contributed by atoms with Crippen molar-refractivity contribution in [3.8, 4) is 17.3 Å². The maximum absolute atomic E-state index is 10.3. The van der Waals surface area contributed by atoms with E-state index < -0.39 is 36.4 Å².